The highest BCUT2D eigenvalue weighted by Crippen LogP contribution is 2.20. The van der Waals surface area contributed by atoms with Crippen LogP contribution >= 0.6 is 11.3 Å². The maximum atomic E-state index is 5.56. The van der Waals surface area contributed by atoms with E-state index in [9.17, 15) is 0 Å². The normalized spacial score (nSPS) is 11.1. The zero-order chi connectivity index (χ0) is 12.4. The van der Waals surface area contributed by atoms with Crippen molar-refractivity contribution in [2.45, 2.75) is 33.3 Å². The summed E-state index contributed by atoms with van der Waals surface area (Å²) < 4.78 is 7.35. The van der Waals surface area contributed by atoms with E-state index >= 15 is 0 Å². The monoisotopic (exact) mass is 252 g/mol. The lowest BCUT2D eigenvalue weighted by atomic mass is 10.2. The molecule has 0 aliphatic heterocycles. The van der Waals surface area contributed by atoms with E-state index in [2.05, 4.69) is 29.1 Å². The summed E-state index contributed by atoms with van der Waals surface area (Å²) in [6.45, 7) is 6.63. The van der Waals surface area contributed by atoms with Gasteiger partial charge in [-0.1, -0.05) is 25.2 Å². The lowest BCUT2D eigenvalue weighted by Crippen LogP contribution is -1.97. The maximum Gasteiger partial charge on any atom is 0.233 e. The quantitative estimate of drug-likeness (QED) is 0.837. The van der Waals surface area contributed by atoms with Crippen molar-refractivity contribution >= 4 is 11.3 Å². The van der Waals surface area contributed by atoms with Crippen LogP contribution in [0.1, 0.15) is 35.5 Å². The molecule has 0 aliphatic carbocycles. The number of hydrogen-bond acceptors (Lipinski definition) is 5. The van der Waals surface area contributed by atoms with E-state index < -0.39 is 0 Å². The summed E-state index contributed by atoms with van der Waals surface area (Å²) in [5, 5.41) is 14.4. The summed E-state index contributed by atoms with van der Waals surface area (Å²) in [5.41, 5.74) is 1.07. The highest BCUT2D eigenvalue weighted by atomic mass is 32.1. The minimum atomic E-state index is 0.415. The lowest BCUT2D eigenvalue weighted by molar-refractivity contribution is 0.289. The van der Waals surface area contributed by atoms with Crippen molar-refractivity contribution in [3.63, 3.8) is 0 Å². The van der Waals surface area contributed by atoms with Crippen LogP contribution in [0.15, 0.2) is 6.07 Å². The molecule has 0 aliphatic rings. The van der Waals surface area contributed by atoms with Gasteiger partial charge in [-0.2, -0.15) is 0 Å². The Kier molecular flexibility index (Phi) is 3.42. The van der Waals surface area contributed by atoms with E-state index in [4.69, 9.17) is 4.74 Å². The molecule has 2 aromatic rings. The van der Waals surface area contributed by atoms with Gasteiger partial charge >= 0.3 is 0 Å². The Balaban J connectivity index is 1.97. The van der Waals surface area contributed by atoms with Gasteiger partial charge in [-0.05, 0) is 6.92 Å². The van der Waals surface area contributed by atoms with Gasteiger partial charge < -0.3 is 4.74 Å². The predicted molar refractivity (Wildman–Crippen MR) is 66.3 cm³/mol. The second-order valence-electron chi connectivity index (χ2n) is 4.22. The highest BCUT2D eigenvalue weighted by molar-refractivity contribution is 7.11. The Hall–Kier alpha value is -1.43. The van der Waals surface area contributed by atoms with Crippen LogP contribution in [0, 0.1) is 6.92 Å². The second kappa shape index (κ2) is 4.83. The molecular formula is C11H16N4OS. The predicted octanol–water partition coefficient (Wildman–Crippen LogP) is 2.28. The van der Waals surface area contributed by atoms with E-state index in [1.807, 2.05) is 20.0 Å². The van der Waals surface area contributed by atoms with Gasteiger partial charge in [0.1, 0.15) is 11.6 Å². The molecule has 0 radical (unpaired) electrons. The molecule has 0 fully saturated rings. The largest absolute Gasteiger partial charge is 0.469 e. The van der Waals surface area contributed by atoms with Gasteiger partial charge in [0.05, 0.1) is 0 Å². The number of nitrogens with zero attached hydrogens (tertiary/aromatic N) is 4. The molecule has 0 saturated carbocycles. The van der Waals surface area contributed by atoms with Crippen LogP contribution in [-0.2, 0) is 13.7 Å². The Morgan fingerprint density at radius 2 is 2.18 bits per heavy atom. The Bertz CT molecular complexity index is 484. The van der Waals surface area contributed by atoms with Crippen LogP contribution < -0.4 is 4.74 Å². The molecule has 0 N–H and O–H groups in total. The van der Waals surface area contributed by atoms with Gasteiger partial charge in [-0.15, -0.1) is 15.3 Å². The maximum absolute atomic E-state index is 5.56. The number of ether oxygens (including phenoxy) is 1. The third-order valence-corrected chi connectivity index (χ3v) is 3.61. The van der Waals surface area contributed by atoms with Gasteiger partial charge in [-0.3, -0.25) is 4.68 Å². The van der Waals surface area contributed by atoms with Crippen LogP contribution in [-0.4, -0.2) is 20.0 Å². The van der Waals surface area contributed by atoms with Crippen LogP contribution in [0.5, 0.6) is 5.88 Å². The number of rotatable bonds is 4. The highest BCUT2D eigenvalue weighted by Gasteiger charge is 2.09. The summed E-state index contributed by atoms with van der Waals surface area (Å²) in [6, 6.07) is 1.91. The third kappa shape index (κ3) is 2.82. The summed E-state index contributed by atoms with van der Waals surface area (Å²) >= 11 is 1.59. The SMILES string of the molecule is Cc1cc(OCc2nnc(C(C)C)s2)nn1C. The number of hydrogen-bond donors (Lipinski definition) is 0. The Morgan fingerprint density at radius 3 is 2.71 bits per heavy atom. The molecule has 0 amide bonds. The Labute approximate surface area is 104 Å². The van der Waals surface area contributed by atoms with E-state index in [0.29, 0.717) is 18.4 Å². The first-order valence-corrected chi connectivity index (χ1v) is 6.33. The average Bonchev–Trinajstić information content (AvgIpc) is 2.84. The van der Waals surface area contributed by atoms with Crippen LogP contribution in [0.3, 0.4) is 0 Å². The summed E-state index contributed by atoms with van der Waals surface area (Å²) in [7, 11) is 1.89. The van der Waals surface area contributed by atoms with E-state index in [-0.39, 0.29) is 0 Å². The average molecular weight is 252 g/mol. The van der Waals surface area contributed by atoms with Crippen molar-refractivity contribution in [3.05, 3.63) is 21.8 Å². The molecule has 0 atom stereocenters. The van der Waals surface area contributed by atoms with E-state index in [0.717, 1.165) is 15.7 Å². The van der Waals surface area contributed by atoms with Gasteiger partial charge in [-0.25, -0.2) is 0 Å². The zero-order valence-electron chi connectivity index (χ0n) is 10.5. The van der Waals surface area contributed by atoms with Crippen molar-refractivity contribution in [1.29, 1.82) is 0 Å². The first-order chi connectivity index (χ1) is 8.06. The van der Waals surface area contributed by atoms with Crippen LogP contribution in [0.4, 0.5) is 0 Å². The molecular weight excluding hydrogens is 236 g/mol. The van der Waals surface area contributed by atoms with Gasteiger partial charge in [0.2, 0.25) is 5.88 Å². The molecule has 2 aromatic heterocycles. The summed E-state index contributed by atoms with van der Waals surface area (Å²) in [6.07, 6.45) is 0. The van der Waals surface area contributed by atoms with Crippen molar-refractivity contribution in [2.24, 2.45) is 7.05 Å². The zero-order valence-corrected chi connectivity index (χ0v) is 11.3. The molecule has 0 spiro atoms. The molecule has 0 saturated heterocycles. The molecule has 0 aromatic carbocycles. The molecule has 5 nitrogen and oxygen atoms in total. The number of aryl methyl sites for hydroxylation is 2. The lowest BCUT2D eigenvalue weighted by Gasteiger charge is -1.97. The van der Waals surface area contributed by atoms with Gasteiger partial charge in [0, 0.05) is 24.7 Å². The first-order valence-electron chi connectivity index (χ1n) is 5.52. The van der Waals surface area contributed by atoms with E-state index in [1.165, 1.54) is 0 Å². The summed E-state index contributed by atoms with van der Waals surface area (Å²) in [4.78, 5) is 0. The summed E-state index contributed by atoms with van der Waals surface area (Å²) in [5.74, 6) is 1.05. The fraction of sp³-hybridized carbons (Fsp3) is 0.545. The standard InChI is InChI=1S/C11H16N4OS/c1-7(2)11-13-12-10(17-11)6-16-9-5-8(3)15(4)14-9/h5,7H,6H2,1-4H3. The molecule has 0 bridgehead atoms. The molecule has 2 heterocycles. The van der Waals surface area contributed by atoms with Crippen molar-refractivity contribution in [2.75, 3.05) is 0 Å². The van der Waals surface area contributed by atoms with Gasteiger partial charge in [0.25, 0.3) is 0 Å². The fourth-order valence-electron chi connectivity index (χ4n) is 1.29. The third-order valence-electron chi connectivity index (χ3n) is 2.41. The molecule has 0 unspecified atom stereocenters. The molecule has 6 heteroatoms. The number of aromatic nitrogens is 4. The van der Waals surface area contributed by atoms with Gasteiger partial charge in [0.15, 0.2) is 5.01 Å². The smallest absolute Gasteiger partial charge is 0.233 e. The fourth-order valence-corrected chi connectivity index (χ4v) is 2.05. The minimum absolute atomic E-state index is 0.415. The van der Waals surface area contributed by atoms with E-state index in [1.54, 1.807) is 16.0 Å². The van der Waals surface area contributed by atoms with Crippen LogP contribution in [0.2, 0.25) is 0 Å². The Morgan fingerprint density at radius 1 is 1.41 bits per heavy atom. The molecule has 92 valence electrons. The van der Waals surface area contributed by atoms with Crippen molar-refractivity contribution < 1.29 is 4.74 Å². The van der Waals surface area contributed by atoms with Crippen LogP contribution in [0.25, 0.3) is 0 Å². The van der Waals surface area contributed by atoms with Crippen molar-refractivity contribution in [1.82, 2.24) is 20.0 Å². The minimum Gasteiger partial charge on any atom is -0.469 e. The molecule has 17 heavy (non-hydrogen) atoms. The molecule has 2 rings (SSSR count). The second-order valence-corrected chi connectivity index (χ2v) is 5.32. The van der Waals surface area contributed by atoms with Crippen molar-refractivity contribution in [3.8, 4) is 5.88 Å². The first kappa shape index (κ1) is 12.0. The topological polar surface area (TPSA) is 52.8 Å².